The van der Waals surface area contributed by atoms with E-state index in [0.29, 0.717) is 35.9 Å². The Bertz CT molecular complexity index is 1820. The van der Waals surface area contributed by atoms with Crippen molar-refractivity contribution in [2.45, 2.75) is 86.9 Å². The van der Waals surface area contributed by atoms with Gasteiger partial charge in [0.2, 0.25) is 17.7 Å². The monoisotopic (exact) mass is 678 g/mol. The smallest absolute Gasteiger partial charge is 0.340 e. The number of benzene rings is 2. The largest absolute Gasteiger partial charge is 0.363 e. The second-order valence-corrected chi connectivity index (χ2v) is 16.0. The molecule has 7 rings (SSSR count). The minimum Gasteiger partial charge on any atom is -0.340 e. The number of alkyl halides is 1. The van der Waals surface area contributed by atoms with E-state index in [1.165, 1.54) is 24.3 Å². The number of hydrogen-bond donors (Lipinski definition) is 3. The maximum atomic E-state index is 14.4. The molecule has 2 aromatic carbocycles. The molecule has 246 valence electrons. The zero-order valence-electron chi connectivity index (χ0n) is 25.6. The van der Waals surface area contributed by atoms with E-state index in [1.807, 2.05) is 35.2 Å². The molecule has 3 aliphatic heterocycles. The minimum absolute atomic E-state index is 0.0927. The number of hydrogen-bond acceptors (Lipinski definition) is 6. The maximum absolute atomic E-state index is 14.4. The number of likely N-dealkylation sites (tertiary alicyclic amines) is 1. The molecule has 0 bridgehead atoms. The Balaban J connectivity index is 1.11. The topological polar surface area (TPSA) is 151 Å². The molecule has 1 spiro atoms. The first-order chi connectivity index (χ1) is 22.5. The summed E-state index contributed by atoms with van der Waals surface area (Å²) in [5, 5.41) is 13.6. The SMILES string of the molecule is N#C[C@H]1C(c2ccccc2)CN(C(=O)[C@@H]2CC[C@@H]3CCCCC(NC(=O)c4cc5cc(C(F)P(=O)(O)O)ccc5s4)C(=O)N32)C12CC2. The van der Waals surface area contributed by atoms with Gasteiger partial charge in [-0.3, -0.25) is 18.9 Å². The van der Waals surface area contributed by atoms with Crippen LogP contribution in [0.15, 0.2) is 54.6 Å². The lowest BCUT2D eigenvalue weighted by molar-refractivity contribution is -0.148. The highest BCUT2D eigenvalue weighted by Crippen LogP contribution is 2.58. The Morgan fingerprint density at radius 3 is 2.51 bits per heavy atom. The number of halogens is 1. The summed E-state index contributed by atoms with van der Waals surface area (Å²) in [6.07, 6.45) is 5.60. The van der Waals surface area contributed by atoms with E-state index in [-0.39, 0.29) is 40.1 Å². The molecule has 0 radical (unpaired) electrons. The molecule has 3 unspecified atom stereocenters. The molecule has 10 nitrogen and oxygen atoms in total. The molecule has 13 heteroatoms. The van der Waals surface area contributed by atoms with Gasteiger partial charge in [0, 0.05) is 23.2 Å². The summed E-state index contributed by atoms with van der Waals surface area (Å²) in [6, 6.07) is 16.4. The van der Waals surface area contributed by atoms with Crippen molar-refractivity contribution in [2.24, 2.45) is 5.92 Å². The summed E-state index contributed by atoms with van der Waals surface area (Å²) >= 11 is 1.14. The van der Waals surface area contributed by atoms with Gasteiger partial charge < -0.3 is 24.9 Å². The van der Waals surface area contributed by atoms with Gasteiger partial charge in [-0.1, -0.05) is 49.2 Å². The van der Waals surface area contributed by atoms with Gasteiger partial charge in [-0.2, -0.15) is 5.26 Å². The van der Waals surface area contributed by atoms with Gasteiger partial charge in [-0.25, -0.2) is 4.39 Å². The zero-order valence-corrected chi connectivity index (χ0v) is 27.3. The molecule has 1 aromatic heterocycles. The Kier molecular flexibility index (Phi) is 8.24. The van der Waals surface area contributed by atoms with Crippen molar-refractivity contribution in [3.8, 4) is 6.07 Å². The first kappa shape index (κ1) is 32.0. The molecular formula is C34H36FN4O6PS. The molecule has 3 saturated heterocycles. The highest BCUT2D eigenvalue weighted by Gasteiger charge is 2.64. The fraction of sp³-hybridized carbons (Fsp3) is 0.471. The molecule has 3 aromatic rings. The van der Waals surface area contributed by atoms with E-state index in [1.54, 1.807) is 4.90 Å². The zero-order chi connectivity index (χ0) is 33.1. The molecule has 1 saturated carbocycles. The van der Waals surface area contributed by atoms with Crippen LogP contribution in [0.2, 0.25) is 0 Å². The number of nitriles is 1. The van der Waals surface area contributed by atoms with Crippen LogP contribution in [0.3, 0.4) is 0 Å². The molecule has 4 fully saturated rings. The summed E-state index contributed by atoms with van der Waals surface area (Å²) in [5.41, 5.74) is 0.362. The number of fused-ring (bicyclic) bond motifs is 2. The Labute approximate surface area is 275 Å². The fourth-order valence-electron chi connectivity index (χ4n) is 8.09. The van der Waals surface area contributed by atoms with Gasteiger partial charge in [0.05, 0.1) is 22.4 Å². The Hall–Kier alpha value is -3.62. The first-order valence-electron chi connectivity index (χ1n) is 16.1. The van der Waals surface area contributed by atoms with Gasteiger partial charge in [0.25, 0.3) is 5.91 Å². The van der Waals surface area contributed by atoms with Crippen LogP contribution < -0.4 is 5.32 Å². The Morgan fingerprint density at radius 2 is 1.81 bits per heavy atom. The summed E-state index contributed by atoms with van der Waals surface area (Å²) in [5.74, 6) is -3.73. The molecule has 3 amide bonds. The van der Waals surface area contributed by atoms with E-state index >= 15 is 0 Å². The molecular weight excluding hydrogens is 642 g/mol. The summed E-state index contributed by atoms with van der Waals surface area (Å²) in [7, 11) is -4.99. The van der Waals surface area contributed by atoms with Crippen LogP contribution in [-0.4, -0.2) is 67.5 Å². The lowest BCUT2D eigenvalue weighted by atomic mass is 9.85. The molecule has 1 aliphatic carbocycles. The minimum atomic E-state index is -4.99. The van der Waals surface area contributed by atoms with Gasteiger partial charge in [0.15, 0.2) is 0 Å². The number of nitrogens with one attached hydrogen (secondary N) is 1. The van der Waals surface area contributed by atoms with Crippen LogP contribution in [0, 0.1) is 17.2 Å². The first-order valence-corrected chi connectivity index (χ1v) is 18.6. The van der Waals surface area contributed by atoms with Crippen LogP contribution in [-0.2, 0) is 14.2 Å². The summed E-state index contributed by atoms with van der Waals surface area (Å²) in [4.78, 5) is 64.5. The fourth-order valence-corrected chi connectivity index (χ4v) is 9.58. The number of carbonyl (C=O) groups excluding carboxylic acids is 3. The molecule has 3 N–H and O–H groups in total. The van der Waals surface area contributed by atoms with E-state index in [4.69, 9.17) is 0 Å². The van der Waals surface area contributed by atoms with Gasteiger partial charge in [0.1, 0.15) is 12.1 Å². The predicted octanol–water partition coefficient (Wildman–Crippen LogP) is 5.38. The third-order valence-electron chi connectivity index (χ3n) is 10.6. The second kappa shape index (κ2) is 12.1. The van der Waals surface area contributed by atoms with E-state index < -0.39 is 37.0 Å². The normalized spacial score (nSPS) is 27.6. The standard InChI is InChI=1S/C34H36FN4O6PS/c35-30(46(43,44)45)21-10-13-28-22(16-21)17-29(47-28)31(40)37-26-9-5-4-8-23-11-12-27(39(23)32(26)41)33(42)38-19-24(20-6-2-1-3-7-20)25(18-36)34(38)14-15-34/h1-3,6-7,10,13,16-17,23-27,30H,4-5,8-9,11-12,14-15,19H2,(H,37,40)(H2,43,44,45)/t23-,24?,25-,26?,27-,30?/m0/s1. The van der Waals surface area contributed by atoms with E-state index in [9.17, 15) is 38.4 Å². The quantitative estimate of drug-likeness (QED) is 0.296. The average Bonchev–Trinajstić information content (AvgIpc) is 3.40. The molecule has 47 heavy (non-hydrogen) atoms. The number of nitrogens with zero attached hydrogens (tertiary/aromatic N) is 3. The lowest BCUT2D eigenvalue weighted by Gasteiger charge is -2.37. The number of carbonyl (C=O) groups is 3. The van der Waals surface area contributed by atoms with Crippen LogP contribution in [0.5, 0.6) is 0 Å². The van der Waals surface area contributed by atoms with Gasteiger partial charge in [-0.05, 0) is 73.2 Å². The van der Waals surface area contributed by atoms with Crippen molar-refractivity contribution >= 4 is 46.7 Å². The van der Waals surface area contributed by atoms with E-state index in [2.05, 4.69) is 11.4 Å². The predicted molar refractivity (Wildman–Crippen MR) is 173 cm³/mol. The molecule has 6 atom stereocenters. The number of rotatable bonds is 6. The highest BCUT2D eigenvalue weighted by molar-refractivity contribution is 7.51. The summed E-state index contributed by atoms with van der Waals surface area (Å²) in [6.45, 7) is 0.440. The maximum Gasteiger partial charge on any atom is 0.363 e. The van der Waals surface area contributed by atoms with Crippen LogP contribution in [0.1, 0.15) is 84.0 Å². The highest BCUT2D eigenvalue weighted by atomic mass is 32.1. The average molecular weight is 679 g/mol. The van der Waals surface area contributed by atoms with Crippen LogP contribution in [0.25, 0.3) is 10.1 Å². The van der Waals surface area contributed by atoms with E-state index in [0.717, 1.165) is 49.0 Å². The van der Waals surface area contributed by atoms with Crippen LogP contribution in [0.4, 0.5) is 4.39 Å². The number of amides is 3. The third kappa shape index (κ3) is 5.67. The van der Waals surface area contributed by atoms with Crippen molar-refractivity contribution in [3.63, 3.8) is 0 Å². The number of thiophene rings is 1. The van der Waals surface area contributed by atoms with Gasteiger partial charge >= 0.3 is 7.60 Å². The van der Waals surface area contributed by atoms with Crippen molar-refractivity contribution in [2.75, 3.05) is 6.54 Å². The van der Waals surface area contributed by atoms with Crippen molar-refractivity contribution in [1.29, 1.82) is 5.26 Å². The summed E-state index contributed by atoms with van der Waals surface area (Å²) < 4.78 is 26.4. The molecule has 4 aliphatic rings. The molecule has 4 heterocycles. The van der Waals surface area contributed by atoms with Crippen molar-refractivity contribution in [3.05, 3.63) is 70.6 Å². The van der Waals surface area contributed by atoms with Crippen molar-refractivity contribution < 1.29 is 33.1 Å². The second-order valence-electron chi connectivity index (χ2n) is 13.3. The lowest BCUT2D eigenvalue weighted by Crippen LogP contribution is -2.57. The Morgan fingerprint density at radius 1 is 1.06 bits per heavy atom. The van der Waals surface area contributed by atoms with Crippen molar-refractivity contribution in [1.82, 2.24) is 15.1 Å². The van der Waals surface area contributed by atoms with Crippen LogP contribution >= 0.6 is 18.9 Å². The van der Waals surface area contributed by atoms with Gasteiger partial charge in [-0.15, -0.1) is 11.3 Å². The third-order valence-corrected chi connectivity index (χ3v) is 12.6.